The minimum absolute atomic E-state index is 0.164. The molecule has 0 saturated carbocycles. The molecular weight excluding hydrogens is 248 g/mol. The highest BCUT2D eigenvalue weighted by Gasteiger charge is 2.25. The maximum Gasteiger partial charge on any atom is 0.326 e. The molecule has 1 unspecified atom stereocenters. The highest BCUT2D eigenvalue weighted by atomic mass is 16.4. The highest BCUT2D eigenvalue weighted by molar-refractivity contribution is 5.96. The lowest BCUT2D eigenvalue weighted by molar-refractivity contribution is -0.140. The maximum atomic E-state index is 11.9. The summed E-state index contributed by atoms with van der Waals surface area (Å²) in [6, 6.07) is 1.71. The number of aryl methyl sites for hydroxylation is 1. The van der Waals surface area contributed by atoms with Crippen molar-refractivity contribution in [1.82, 2.24) is 9.88 Å². The number of amides is 1. The Morgan fingerprint density at radius 1 is 1.47 bits per heavy atom. The van der Waals surface area contributed by atoms with Gasteiger partial charge >= 0.3 is 5.97 Å². The minimum Gasteiger partial charge on any atom is -0.480 e. The fourth-order valence-corrected chi connectivity index (χ4v) is 1.60. The molecule has 0 aromatic carbocycles. The largest absolute Gasteiger partial charge is 0.480 e. The van der Waals surface area contributed by atoms with Crippen molar-refractivity contribution in [3.8, 4) is 0 Å². The van der Waals surface area contributed by atoms with Crippen LogP contribution in [0.5, 0.6) is 0 Å². The molecule has 1 amide bonds. The van der Waals surface area contributed by atoms with Gasteiger partial charge in [0.05, 0.1) is 0 Å². The molecule has 1 heterocycles. The number of aromatic nitrogens is 1. The molecule has 0 aliphatic heterocycles. The third kappa shape index (κ3) is 3.67. The van der Waals surface area contributed by atoms with Crippen molar-refractivity contribution in [3.05, 3.63) is 34.2 Å². The third-order valence-electron chi connectivity index (χ3n) is 3.13. The standard InChI is InChI=1S/C13H18N2O4/c1-4-8(2)11(13(18)19)14-12(17)9-5-6-15(3)10(16)7-9/h5-8,11H,4H2,1-3H3,(H,14,17)(H,18,19)/t8?,11-/m0/s1. The first-order chi connectivity index (χ1) is 8.86. The van der Waals surface area contributed by atoms with E-state index in [0.717, 1.165) is 0 Å². The van der Waals surface area contributed by atoms with Crippen LogP contribution >= 0.6 is 0 Å². The molecule has 0 spiro atoms. The first kappa shape index (κ1) is 14.9. The smallest absolute Gasteiger partial charge is 0.326 e. The lowest BCUT2D eigenvalue weighted by atomic mass is 9.99. The lowest BCUT2D eigenvalue weighted by Crippen LogP contribution is -2.45. The van der Waals surface area contributed by atoms with Crippen molar-refractivity contribution < 1.29 is 14.7 Å². The van der Waals surface area contributed by atoms with E-state index in [2.05, 4.69) is 5.32 Å². The number of carbonyl (C=O) groups is 2. The van der Waals surface area contributed by atoms with Gasteiger partial charge < -0.3 is 15.0 Å². The number of nitrogens with zero attached hydrogens (tertiary/aromatic N) is 1. The van der Waals surface area contributed by atoms with Crippen molar-refractivity contribution in [1.29, 1.82) is 0 Å². The molecule has 0 aliphatic carbocycles. The summed E-state index contributed by atoms with van der Waals surface area (Å²) in [7, 11) is 1.57. The minimum atomic E-state index is -1.08. The number of pyridine rings is 1. The van der Waals surface area contributed by atoms with Gasteiger partial charge in [-0.25, -0.2) is 4.79 Å². The van der Waals surface area contributed by atoms with Gasteiger partial charge in [0.2, 0.25) is 0 Å². The summed E-state index contributed by atoms with van der Waals surface area (Å²) in [4.78, 5) is 34.4. The Labute approximate surface area is 111 Å². The second-order valence-electron chi connectivity index (χ2n) is 4.54. The van der Waals surface area contributed by atoms with E-state index in [-0.39, 0.29) is 17.0 Å². The van der Waals surface area contributed by atoms with Crippen molar-refractivity contribution in [2.45, 2.75) is 26.3 Å². The molecule has 2 atom stereocenters. The van der Waals surface area contributed by atoms with Gasteiger partial charge in [0.25, 0.3) is 11.5 Å². The van der Waals surface area contributed by atoms with Gasteiger partial charge in [0, 0.05) is 24.9 Å². The van der Waals surface area contributed by atoms with Gasteiger partial charge in [-0.1, -0.05) is 20.3 Å². The molecule has 0 fully saturated rings. The average Bonchev–Trinajstić information content (AvgIpc) is 2.37. The predicted octanol–water partition coefficient (Wildman–Crippen LogP) is 0.614. The number of rotatable bonds is 5. The first-order valence-electron chi connectivity index (χ1n) is 6.07. The van der Waals surface area contributed by atoms with Crippen molar-refractivity contribution >= 4 is 11.9 Å². The zero-order valence-corrected chi connectivity index (χ0v) is 11.2. The molecule has 104 valence electrons. The van der Waals surface area contributed by atoms with Gasteiger partial charge in [0.1, 0.15) is 6.04 Å². The summed E-state index contributed by atoms with van der Waals surface area (Å²) in [5.41, 5.74) is -0.152. The SMILES string of the molecule is CCC(C)[C@H](NC(=O)c1ccn(C)c(=O)c1)C(=O)O. The fraction of sp³-hybridized carbons (Fsp3) is 0.462. The van der Waals surface area contributed by atoms with Crippen LogP contribution in [0.3, 0.4) is 0 Å². The third-order valence-corrected chi connectivity index (χ3v) is 3.13. The Bertz CT molecular complexity index is 536. The second-order valence-corrected chi connectivity index (χ2v) is 4.54. The fourth-order valence-electron chi connectivity index (χ4n) is 1.60. The molecule has 2 N–H and O–H groups in total. The molecule has 6 heteroatoms. The van der Waals surface area contributed by atoms with Crippen LogP contribution < -0.4 is 10.9 Å². The van der Waals surface area contributed by atoms with E-state index < -0.39 is 17.9 Å². The number of carboxylic acid groups (broad SMARTS) is 1. The van der Waals surface area contributed by atoms with Crippen molar-refractivity contribution in [2.24, 2.45) is 13.0 Å². The van der Waals surface area contributed by atoms with Crippen LogP contribution in [0, 0.1) is 5.92 Å². The normalized spacial score (nSPS) is 13.6. The molecule has 0 radical (unpaired) electrons. The number of aliphatic carboxylic acids is 1. The van der Waals surface area contributed by atoms with Crippen LogP contribution in [-0.2, 0) is 11.8 Å². The number of carboxylic acids is 1. The van der Waals surface area contributed by atoms with Gasteiger partial charge in [-0.05, 0) is 12.0 Å². The van der Waals surface area contributed by atoms with Crippen molar-refractivity contribution in [2.75, 3.05) is 0 Å². The van der Waals surface area contributed by atoms with Crippen LogP contribution in [0.2, 0.25) is 0 Å². The topological polar surface area (TPSA) is 88.4 Å². The highest BCUT2D eigenvalue weighted by Crippen LogP contribution is 2.09. The maximum absolute atomic E-state index is 11.9. The molecule has 19 heavy (non-hydrogen) atoms. The van der Waals surface area contributed by atoms with E-state index in [4.69, 9.17) is 5.11 Å². The summed E-state index contributed by atoms with van der Waals surface area (Å²) in [6.07, 6.45) is 2.10. The number of nitrogens with one attached hydrogen (secondary N) is 1. The van der Waals surface area contributed by atoms with E-state index in [1.54, 1.807) is 14.0 Å². The van der Waals surface area contributed by atoms with Crippen LogP contribution in [-0.4, -0.2) is 27.6 Å². The Morgan fingerprint density at radius 3 is 2.58 bits per heavy atom. The van der Waals surface area contributed by atoms with Gasteiger partial charge in [-0.15, -0.1) is 0 Å². The summed E-state index contributed by atoms with van der Waals surface area (Å²) < 4.78 is 1.33. The Kier molecular flexibility index (Phi) is 4.86. The summed E-state index contributed by atoms with van der Waals surface area (Å²) >= 11 is 0. The molecule has 1 rings (SSSR count). The monoisotopic (exact) mass is 266 g/mol. The van der Waals surface area contributed by atoms with Crippen LogP contribution in [0.1, 0.15) is 30.6 Å². The van der Waals surface area contributed by atoms with E-state index in [9.17, 15) is 14.4 Å². The second kappa shape index (κ2) is 6.17. The number of hydrogen-bond donors (Lipinski definition) is 2. The van der Waals surface area contributed by atoms with Crippen LogP contribution in [0.15, 0.2) is 23.1 Å². The Hall–Kier alpha value is -2.11. The van der Waals surface area contributed by atoms with E-state index in [1.807, 2.05) is 6.92 Å². The first-order valence-corrected chi connectivity index (χ1v) is 6.07. The summed E-state index contributed by atoms with van der Waals surface area (Å²) in [5.74, 6) is -1.81. The van der Waals surface area contributed by atoms with E-state index in [1.165, 1.54) is 22.9 Å². The quantitative estimate of drug-likeness (QED) is 0.817. The van der Waals surface area contributed by atoms with E-state index >= 15 is 0 Å². The number of hydrogen-bond acceptors (Lipinski definition) is 3. The molecule has 0 bridgehead atoms. The van der Waals surface area contributed by atoms with Crippen LogP contribution in [0.4, 0.5) is 0 Å². The Balaban J connectivity index is 2.91. The zero-order chi connectivity index (χ0) is 14.6. The molecule has 6 nitrogen and oxygen atoms in total. The Morgan fingerprint density at radius 2 is 2.11 bits per heavy atom. The molecular formula is C13H18N2O4. The average molecular weight is 266 g/mol. The molecule has 1 aromatic rings. The molecule has 0 aliphatic rings. The van der Waals surface area contributed by atoms with Gasteiger partial charge in [-0.2, -0.15) is 0 Å². The van der Waals surface area contributed by atoms with Gasteiger partial charge in [-0.3, -0.25) is 9.59 Å². The summed E-state index contributed by atoms with van der Waals surface area (Å²) in [6.45, 7) is 3.61. The molecule has 1 aromatic heterocycles. The number of carbonyl (C=O) groups excluding carboxylic acids is 1. The summed E-state index contributed by atoms with van der Waals surface area (Å²) in [5, 5.41) is 11.5. The van der Waals surface area contributed by atoms with Crippen molar-refractivity contribution in [3.63, 3.8) is 0 Å². The predicted molar refractivity (Wildman–Crippen MR) is 70.0 cm³/mol. The molecule has 0 saturated heterocycles. The van der Waals surface area contributed by atoms with Gasteiger partial charge in [0.15, 0.2) is 0 Å². The lowest BCUT2D eigenvalue weighted by Gasteiger charge is -2.20. The van der Waals surface area contributed by atoms with Crippen LogP contribution in [0.25, 0.3) is 0 Å². The van der Waals surface area contributed by atoms with E-state index in [0.29, 0.717) is 6.42 Å². The zero-order valence-electron chi connectivity index (χ0n) is 11.2.